The largest absolute Gasteiger partial charge is 0.495 e. The molecule has 2 aromatic rings. The Morgan fingerprint density at radius 2 is 1.80 bits per heavy atom. The third kappa shape index (κ3) is 5.25. The molecule has 0 atom stereocenters. The Bertz CT molecular complexity index is 1000. The second kappa shape index (κ2) is 9.41. The lowest BCUT2D eigenvalue weighted by Gasteiger charge is -2.09. The maximum atomic E-state index is 12.1. The Hall–Kier alpha value is -4.08. The average molecular weight is 412 g/mol. The van der Waals surface area contributed by atoms with Crippen molar-refractivity contribution in [1.29, 1.82) is 0 Å². The molecular weight excluding hydrogens is 392 g/mol. The SMILES string of the molecule is COc1ccccc1NC(=O)C(=O)N/N=C(\C)CC(=O)Nc1ccc2c(c1)OCO2. The van der Waals surface area contributed by atoms with Crippen LogP contribution in [0.2, 0.25) is 0 Å². The third-order valence-corrected chi connectivity index (χ3v) is 3.98. The molecule has 156 valence electrons. The predicted molar refractivity (Wildman–Crippen MR) is 109 cm³/mol. The van der Waals surface area contributed by atoms with E-state index in [1.54, 1.807) is 49.4 Å². The number of carbonyl (C=O) groups is 3. The molecule has 3 rings (SSSR count). The molecule has 10 heteroatoms. The summed E-state index contributed by atoms with van der Waals surface area (Å²) >= 11 is 0. The number of nitrogens with one attached hydrogen (secondary N) is 3. The van der Waals surface area contributed by atoms with E-state index in [0.717, 1.165) is 0 Å². The fourth-order valence-corrected chi connectivity index (χ4v) is 2.58. The average Bonchev–Trinajstić information content (AvgIpc) is 3.20. The number of methoxy groups -OCH3 is 1. The van der Waals surface area contributed by atoms with E-state index in [4.69, 9.17) is 14.2 Å². The number of hydrogen-bond acceptors (Lipinski definition) is 7. The van der Waals surface area contributed by atoms with Crippen molar-refractivity contribution in [2.24, 2.45) is 5.10 Å². The van der Waals surface area contributed by atoms with Crippen LogP contribution in [0, 0.1) is 0 Å². The van der Waals surface area contributed by atoms with Crippen molar-refractivity contribution in [3.05, 3.63) is 42.5 Å². The van der Waals surface area contributed by atoms with Gasteiger partial charge in [0, 0.05) is 17.5 Å². The van der Waals surface area contributed by atoms with E-state index in [-0.39, 0.29) is 19.1 Å². The van der Waals surface area contributed by atoms with Gasteiger partial charge in [0.15, 0.2) is 11.5 Å². The Morgan fingerprint density at radius 3 is 2.60 bits per heavy atom. The third-order valence-electron chi connectivity index (χ3n) is 3.98. The van der Waals surface area contributed by atoms with Crippen LogP contribution in [0.3, 0.4) is 0 Å². The summed E-state index contributed by atoms with van der Waals surface area (Å²) in [7, 11) is 1.45. The normalized spacial score (nSPS) is 12.1. The van der Waals surface area contributed by atoms with Crippen LogP contribution in [0.1, 0.15) is 13.3 Å². The quantitative estimate of drug-likeness (QED) is 0.378. The van der Waals surface area contributed by atoms with Gasteiger partial charge in [0.1, 0.15) is 5.75 Å². The molecule has 0 aliphatic carbocycles. The van der Waals surface area contributed by atoms with Gasteiger partial charge in [-0.2, -0.15) is 5.10 Å². The summed E-state index contributed by atoms with van der Waals surface area (Å²) in [4.78, 5) is 36.1. The van der Waals surface area contributed by atoms with Crippen LogP contribution in [0.5, 0.6) is 17.2 Å². The lowest BCUT2D eigenvalue weighted by atomic mass is 10.2. The van der Waals surface area contributed by atoms with Crippen molar-refractivity contribution in [2.75, 3.05) is 24.5 Å². The molecule has 0 spiro atoms. The number of para-hydroxylation sites is 2. The van der Waals surface area contributed by atoms with Gasteiger partial charge in [-0.15, -0.1) is 0 Å². The Morgan fingerprint density at radius 1 is 1.03 bits per heavy atom. The molecule has 0 aromatic heterocycles. The molecule has 0 saturated carbocycles. The number of nitrogens with zero attached hydrogens (tertiary/aromatic N) is 1. The number of hydrazone groups is 1. The van der Waals surface area contributed by atoms with Gasteiger partial charge in [-0.1, -0.05) is 12.1 Å². The second-order valence-corrected chi connectivity index (χ2v) is 6.24. The summed E-state index contributed by atoms with van der Waals surface area (Å²) in [6, 6.07) is 11.7. The summed E-state index contributed by atoms with van der Waals surface area (Å²) in [5.74, 6) is -0.662. The van der Waals surface area contributed by atoms with Gasteiger partial charge >= 0.3 is 11.8 Å². The molecule has 0 bridgehead atoms. The number of ether oxygens (including phenoxy) is 3. The molecule has 2 aromatic carbocycles. The number of hydrogen-bond donors (Lipinski definition) is 3. The first-order valence-electron chi connectivity index (χ1n) is 8.93. The summed E-state index contributed by atoms with van der Waals surface area (Å²) in [6.07, 6.45) is -0.0805. The second-order valence-electron chi connectivity index (χ2n) is 6.24. The Kier molecular flexibility index (Phi) is 6.48. The van der Waals surface area contributed by atoms with Gasteiger partial charge in [0.2, 0.25) is 12.7 Å². The van der Waals surface area contributed by atoms with Crippen molar-refractivity contribution < 1.29 is 28.6 Å². The van der Waals surface area contributed by atoms with Crippen molar-refractivity contribution in [2.45, 2.75) is 13.3 Å². The maximum Gasteiger partial charge on any atom is 0.329 e. The van der Waals surface area contributed by atoms with Gasteiger partial charge in [0.05, 0.1) is 19.2 Å². The van der Waals surface area contributed by atoms with E-state index in [2.05, 4.69) is 21.2 Å². The zero-order chi connectivity index (χ0) is 21.5. The van der Waals surface area contributed by atoms with Crippen LogP contribution in [0.25, 0.3) is 0 Å². The van der Waals surface area contributed by atoms with Gasteiger partial charge < -0.3 is 24.8 Å². The van der Waals surface area contributed by atoms with E-state index in [1.165, 1.54) is 7.11 Å². The highest BCUT2D eigenvalue weighted by atomic mass is 16.7. The summed E-state index contributed by atoms with van der Waals surface area (Å²) in [5.41, 5.74) is 3.32. The van der Waals surface area contributed by atoms with Crippen molar-refractivity contribution >= 4 is 34.8 Å². The Balaban J connectivity index is 1.49. The molecule has 3 N–H and O–H groups in total. The van der Waals surface area contributed by atoms with Crippen molar-refractivity contribution in [1.82, 2.24) is 5.43 Å². The number of amides is 3. The minimum atomic E-state index is -0.976. The molecule has 10 nitrogen and oxygen atoms in total. The molecule has 0 radical (unpaired) electrons. The van der Waals surface area contributed by atoms with E-state index in [0.29, 0.717) is 34.3 Å². The minimum Gasteiger partial charge on any atom is -0.495 e. The first kappa shape index (κ1) is 20.6. The molecule has 0 saturated heterocycles. The molecule has 0 unspecified atom stereocenters. The molecule has 3 amide bonds. The molecule has 0 fully saturated rings. The maximum absolute atomic E-state index is 12.1. The molecule has 1 aliphatic rings. The van der Waals surface area contributed by atoms with E-state index >= 15 is 0 Å². The topological polar surface area (TPSA) is 127 Å². The highest BCUT2D eigenvalue weighted by molar-refractivity contribution is 6.39. The highest BCUT2D eigenvalue weighted by Gasteiger charge is 2.16. The fourth-order valence-electron chi connectivity index (χ4n) is 2.58. The van der Waals surface area contributed by atoms with E-state index in [9.17, 15) is 14.4 Å². The zero-order valence-corrected chi connectivity index (χ0v) is 16.4. The van der Waals surface area contributed by atoms with Gasteiger partial charge in [-0.25, -0.2) is 5.43 Å². The van der Waals surface area contributed by atoms with Crippen LogP contribution < -0.4 is 30.3 Å². The molecule has 1 heterocycles. The van der Waals surface area contributed by atoms with Crippen LogP contribution in [-0.2, 0) is 14.4 Å². The summed E-state index contributed by atoms with van der Waals surface area (Å²) < 4.78 is 15.6. The van der Waals surface area contributed by atoms with Crippen LogP contribution >= 0.6 is 0 Å². The molecular formula is C20H20N4O6. The van der Waals surface area contributed by atoms with E-state index < -0.39 is 11.8 Å². The zero-order valence-electron chi connectivity index (χ0n) is 16.4. The lowest BCUT2D eigenvalue weighted by Crippen LogP contribution is -2.33. The number of anilines is 2. The number of rotatable bonds is 6. The number of carbonyl (C=O) groups excluding carboxylic acids is 3. The van der Waals surface area contributed by atoms with Crippen molar-refractivity contribution in [3.8, 4) is 17.2 Å². The predicted octanol–water partition coefficient (Wildman–Crippen LogP) is 1.88. The first-order chi connectivity index (χ1) is 14.5. The summed E-state index contributed by atoms with van der Waals surface area (Å²) in [6.45, 7) is 1.69. The summed E-state index contributed by atoms with van der Waals surface area (Å²) in [5, 5.41) is 8.92. The number of fused-ring (bicyclic) bond motifs is 1. The highest BCUT2D eigenvalue weighted by Crippen LogP contribution is 2.34. The van der Waals surface area contributed by atoms with Crippen molar-refractivity contribution in [3.63, 3.8) is 0 Å². The van der Waals surface area contributed by atoms with E-state index in [1.807, 2.05) is 0 Å². The molecule has 30 heavy (non-hydrogen) atoms. The molecule has 1 aliphatic heterocycles. The fraction of sp³-hybridized carbons (Fsp3) is 0.200. The lowest BCUT2D eigenvalue weighted by molar-refractivity contribution is -0.136. The standard InChI is InChI=1S/C20H20N4O6/c1-12(9-18(25)21-13-7-8-16-17(10-13)30-11-29-16)23-24-20(27)19(26)22-14-5-3-4-6-15(14)28-2/h3-8,10H,9,11H2,1-2H3,(H,21,25)(H,22,26)(H,24,27)/b23-12+. The van der Waals surface area contributed by atoms with Gasteiger partial charge in [0.25, 0.3) is 0 Å². The number of benzene rings is 2. The van der Waals surface area contributed by atoms with Crippen LogP contribution in [0.4, 0.5) is 11.4 Å². The smallest absolute Gasteiger partial charge is 0.329 e. The first-order valence-corrected chi connectivity index (χ1v) is 8.93. The monoisotopic (exact) mass is 412 g/mol. The van der Waals surface area contributed by atoms with Gasteiger partial charge in [-0.3, -0.25) is 14.4 Å². The Labute approximate surface area is 172 Å². The van der Waals surface area contributed by atoms with Crippen LogP contribution in [0.15, 0.2) is 47.6 Å². The van der Waals surface area contributed by atoms with Crippen LogP contribution in [-0.4, -0.2) is 37.3 Å². The minimum absolute atomic E-state index is 0.0805. The van der Waals surface area contributed by atoms with Gasteiger partial charge in [-0.05, 0) is 31.2 Å².